The number of para-hydroxylation sites is 1. The molecular formula is C22H24N2O3. The molecule has 0 aliphatic carbocycles. The van der Waals surface area contributed by atoms with Gasteiger partial charge in [0.05, 0.1) is 19.2 Å². The number of benzene rings is 2. The third kappa shape index (κ3) is 3.30. The molecule has 0 saturated carbocycles. The molecule has 1 aliphatic heterocycles. The van der Waals surface area contributed by atoms with Crippen molar-refractivity contribution in [2.45, 2.75) is 32.9 Å². The molecule has 1 amide bonds. The first-order valence-corrected chi connectivity index (χ1v) is 9.25. The largest absolute Gasteiger partial charge is 0.484 e. The predicted molar refractivity (Wildman–Crippen MR) is 105 cm³/mol. The molecule has 2 N–H and O–H groups in total. The first-order valence-electron chi connectivity index (χ1n) is 9.25. The van der Waals surface area contributed by atoms with Crippen molar-refractivity contribution in [3.63, 3.8) is 0 Å². The molecule has 1 unspecified atom stereocenters. The summed E-state index contributed by atoms with van der Waals surface area (Å²) in [6.07, 6.45) is 0.644. The number of hydrogen-bond acceptors (Lipinski definition) is 3. The van der Waals surface area contributed by atoms with Crippen LogP contribution in [0, 0.1) is 13.8 Å². The lowest BCUT2D eigenvalue weighted by Gasteiger charge is -2.34. The van der Waals surface area contributed by atoms with Crippen LogP contribution in [0.2, 0.25) is 0 Å². The zero-order chi connectivity index (χ0) is 19.0. The number of rotatable bonds is 4. The lowest BCUT2D eigenvalue weighted by molar-refractivity contribution is -0.138. The Morgan fingerprint density at radius 1 is 1.22 bits per heavy atom. The van der Waals surface area contributed by atoms with E-state index in [-0.39, 0.29) is 25.2 Å². The third-order valence-electron chi connectivity index (χ3n) is 5.48. The third-order valence-corrected chi connectivity index (χ3v) is 5.48. The molecule has 1 aliphatic rings. The summed E-state index contributed by atoms with van der Waals surface area (Å²) in [5.41, 5.74) is 5.63. The van der Waals surface area contributed by atoms with Crippen LogP contribution in [0.3, 0.4) is 0 Å². The fourth-order valence-electron chi connectivity index (χ4n) is 3.76. The predicted octanol–water partition coefficient (Wildman–Crippen LogP) is 3.11. The summed E-state index contributed by atoms with van der Waals surface area (Å²) >= 11 is 0. The highest BCUT2D eigenvalue weighted by molar-refractivity contribution is 5.86. The molecule has 27 heavy (non-hydrogen) atoms. The second-order valence-corrected chi connectivity index (χ2v) is 7.22. The van der Waals surface area contributed by atoms with E-state index in [2.05, 4.69) is 11.1 Å². The van der Waals surface area contributed by atoms with Crippen molar-refractivity contribution in [1.29, 1.82) is 0 Å². The van der Waals surface area contributed by atoms with Crippen LogP contribution in [0.15, 0.2) is 42.5 Å². The normalized spacial score (nSPS) is 16.4. The number of H-pyrrole nitrogens is 1. The van der Waals surface area contributed by atoms with Gasteiger partial charge in [0, 0.05) is 16.6 Å². The lowest BCUT2D eigenvalue weighted by Crippen LogP contribution is -2.48. The van der Waals surface area contributed by atoms with Gasteiger partial charge in [-0.1, -0.05) is 24.3 Å². The fraction of sp³-hybridized carbons (Fsp3) is 0.318. The minimum atomic E-state index is -0.229. The van der Waals surface area contributed by atoms with Gasteiger partial charge in [0.1, 0.15) is 5.75 Å². The zero-order valence-corrected chi connectivity index (χ0v) is 15.7. The van der Waals surface area contributed by atoms with Crippen LogP contribution in [0.1, 0.15) is 22.4 Å². The maximum Gasteiger partial charge on any atom is 0.261 e. The Hall–Kier alpha value is -2.79. The van der Waals surface area contributed by atoms with E-state index in [0.717, 1.165) is 16.8 Å². The van der Waals surface area contributed by atoms with Gasteiger partial charge < -0.3 is 19.7 Å². The van der Waals surface area contributed by atoms with Crippen molar-refractivity contribution >= 4 is 16.8 Å². The molecule has 0 fully saturated rings. The monoisotopic (exact) mass is 364 g/mol. The van der Waals surface area contributed by atoms with Crippen LogP contribution < -0.4 is 4.74 Å². The van der Waals surface area contributed by atoms with E-state index >= 15 is 0 Å². The molecule has 0 spiro atoms. The number of carbonyl (C=O) groups is 1. The second kappa shape index (κ2) is 7.08. The average molecular weight is 364 g/mol. The Kier molecular flexibility index (Phi) is 4.62. The van der Waals surface area contributed by atoms with E-state index < -0.39 is 0 Å². The second-order valence-electron chi connectivity index (χ2n) is 7.22. The molecule has 140 valence electrons. The molecule has 5 nitrogen and oxygen atoms in total. The molecule has 1 aromatic heterocycles. The van der Waals surface area contributed by atoms with Gasteiger partial charge in [-0.15, -0.1) is 0 Å². The molecule has 0 bridgehead atoms. The zero-order valence-electron chi connectivity index (χ0n) is 15.7. The van der Waals surface area contributed by atoms with Crippen LogP contribution in [-0.4, -0.2) is 40.2 Å². The van der Waals surface area contributed by atoms with Gasteiger partial charge >= 0.3 is 0 Å². The maximum atomic E-state index is 12.8. The number of hydrogen-bond donors (Lipinski definition) is 2. The molecule has 0 saturated heterocycles. The number of fused-ring (bicyclic) bond motifs is 3. The molecule has 5 heteroatoms. The van der Waals surface area contributed by atoms with Crippen molar-refractivity contribution in [2.75, 3.05) is 13.2 Å². The summed E-state index contributed by atoms with van der Waals surface area (Å²) in [5, 5.41) is 11.0. The van der Waals surface area contributed by atoms with Gasteiger partial charge in [0.25, 0.3) is 5.91 Å². The highest BCUT2D eigenvalue weighted by atomic mass is 16.5. The Balaban J connectivity index is 1.51. The van der Waals surface area contributed by atoms with Crippen molar-refractivity contribution in [1.82, 2.24) is 9.88 Å². The van der Waals surface area contributed by atoms with E-state index in [9.17, 15) is 9.90 Å². The molecular weight excluding hydrogens is 340 g/mol. The van der Waals surface area contributed by atoms with E-state index in [1.807, 2.05) is 50.2 Å². The fourth-order valence-corrected chi connectivity index (χ4v) is 3.76. The van der Waals surface area contributed by atoms with Gasteiger partial charge in [0.2, 0.25) is 0 Å². The number of aromatic amines is 1. The van der Waals surface area contributed by atoms with Crippen LogP contribution in [0.25, 0.3) is 10.9 Å². The maximum absolute atomic E-state index is 12.8. The van der Waals surface area contributed by atoms with Crippen LogP contribution in [0.4, 0.5) is 0 Å². The van der Waals surface area contributed by atoms with E-state index in [4.69, 9.17) is 4.74 Å². The number of carbonyl (C=O) groups excluding carboxylic acids is 1. The van der Waals surface area contributed by atoms with Crippen molar-refractivity contribution in [2.24, 2.45) is 0 Å². The van der Waals surface area contributed by atoms with Crippen molar-refractivity contribution in [3.8, 4) is 5.75 Å². The van der Waals surface area contributed by atoms with Crippen molar-refractivity contribution < 1.29 is 14.6 Å². The first-order chi connectivity index (χ1) is 13.1. The topological polar surface area (TPSA) is 65.6 Å². The SMILES string of the molecule is Cc1ccc(OCC(=O)N2Cc3[nH]c4ccccc4c3CC2CO)cc1C. The summed E-state index contributed by atoms with van der Waals surface area (Å²) < 4.78 is 5.71. The standard InChI is InChI=1S/C22H24N2O3/c1-14-7-8-17(9-15(14)2)27-13-22(26)24-11-21-19(10-16(24)12-25)18-5-3-4-6-20(18)23-21/h3-9,16,23,25H,10-13H2,1-2H3. The average Bonchev–Trinajstić information content (AvgIpc) is 3.05. The van der Waals surface area contributed by atoms with Crippen LogP contribution in [-0.2, 0) is 17.8 Å². The molecule has 2 heterocycles. The number of aliphatic hydroxyl groups excluding tert-OH is 1. The number of ether oxygens (including phenoxy) is 1. The Morgan fingerprint density at radius 3 is 2.81 bits per heavy atom. The van der Waals surface area contributed by atoms with Crippen molar-refractivity contribution in [3.05, 3.63) is 64.8 Å². The summed E-state index contributed by atoms with van der Waals surface area (Å²) in [6.45, 7) is 4.43. The smallest absolute Gasteiger partial charge is 0.261 e. The Labute approximate surface area is 158 Å². The van der Waals surface area contributed by atoms with Crippen LogP contribution >= 0.6 is 0 Å². The van der Waals surface area contributed by atoms with Gasteiger partial charge in [-0.3, -0.25) is 4.79 Å². The highest BCUT2D eigenvalue weighted by Crippen LogP contribution is 2.30. The van der Waals surface area contributed by atoms with E-state index in [1.165, 1.54) is 16.5 Å². The first kappa shape index (κ1) is 17.6. The molecule has 4 rings (SSSR count). The molecule has 3 aromatic rings. The quantitative estimate of drug-likeness (QED) is 0.748. The van der Waals surface area contributed by atoms with Gasteiger partial charge in [-0.2, -0.15) is 0 Å². The summed E-state index contributed by atoms with van der Waals surface area (Å²) in [5.74, 6) is 0.576. The Bertz CT molecular complexity index is 992. The Morgan fingerprint density at radius 2 is 2.04 bits per heavy atom. The van der Waals surface area contributed by atoms with E-state index in [0.29, 0.717) is 18.7 Å². The number of aliphatic hydroxyl groups is 1. The van der Waals surface area contributed by atoms with Gasteiger partial charge in [0.15, 0.2) is 6.61 Å². The number of nitrogens with one attached hydrogen (secondary N) is 1. The summed E-state index contributed by atoms with van der Waals surface area (Å²) in [4.78, 5) is 17.9. The molecule has 0 radical (unpaired) electrons. The number of nitrogens with zero attached hydrogens (tertiary/aromatic N) is 1. The molecule has 2 aromatic carbocycles. The highest BCUT2D eigenvalue weighted by Gasteiger charge is 2.31. The molecule has 1 atom stereocenters. The van der Waals surface area contributed by atoms with E-state index in [1.54, 1.807) is 4.90 Å². The lowest BCUT2D eigenvalue weighted by atomic mass is 9.97. The van der Waals surface area contributed by atoms with Gasteiger partial charge in [-0.05, 0) is 55.2 Å². The summed E-state index contributed by atoms with van der Waals surface area (Å²) in [6, 6.07) is 13.7. The number of amides is 1. The van der Waals surface area contributed by atoms with Crippen LogP contribution in [0.5, 0.6) is 5.75 Å². The number of aryl methyl sites for hydroxylation is 2. The summed E-state index contributed by atoms with van der Waals surface area (Å²) in [7, 11) is 0. The minimum absolute atomic E-state index is 0.0332. The minimum Gasteiger partial charge on any atom is -0.484 e. The number of aromatic nitrogens is 1. The van der Waals surface area contributed by atoms with Gasteiger partial charge in [-0.25, -0.2) is 0 Å².